The van der Waals surface area contributed by atoms with Gasteiger partial charge < -0.3 is 14.7 Å². The van der Waals surface area contributed by atoms with Crippen molar-refractivity contribution >= 4 is 0 Å². The largest absolute Gasteiger partial charge is 0.306 e. The lowest BCUT2D eigenvalue weighted by atomic mass is 9.97. The standard InChI is InChI=1S/C14H29N3/c1-12(2)17-7-5-14(6-8-17)16(4)11-13-9-15(3)10-13/h12-14H,5-11H2,1-4H3. The molecule has 0 amide bonds. The maximum absolute atomic E-state index is 2.62. The number of likely N-dealkylation sites (tertiary alicyclic amines) is 2. The monoisotopic (exact) mass is 239 g/mol. The van der Waals surface area contributed by atoms with Crippen molar-refractivity contribution in [2.45, 2.75) is 38.8 Å². The summed E-state index contributed by atoms with van der Waals surface area (Å²) in [7, 11) is 4.55. The maximum atomic E-state index is 2.62. The van der Waals surface area contributed by atoms with Crippen molar-refractivity contribution in [2.24, 2.45) is 5.92 Å². The highest BCUT2D eigenvalue weighted by atomic mass is 15.2. The van der Waals surface area contributed by atoms with E-state index in [1.165, 1.54) is 45.6 Å². The van der Waals surface area contributed by atoms with Gasteiger partial charge in [0, 0.05) is 31.7 Å². The molecule has 0 aromatic carbocycles. The second-order valence-corrected chi connectivity index (χ2v) is 6.39. The number of nitrogens with zero attached hydrogens (tertiary/aromatic N) is 3. The molecule has 0 saturated carbocycles. The van der Waals surface area contributed by atoms with Gasteiger partial charge >= 0.3 is 0 Å². The van der Waals surface area contributed by atoms with Gasteiger partial charge in [-0.3, -0.25) is 0 Å². The van der Waals surface area contributed by atoms with Crippen LogP contribution in [0.15, 0.2) is 0 Å². The van der Waals surface area contributed by atoms with Crippen molar-refractivity contribution < 1.29 is 0 Å². The normalized spacial score (nSPS) is 25.8. The molecule has 0 unspecified atom stereocenters. The molecule has 100 valence electrons. The van der Waals surface area contributed by atoms with Gasteiger partial charge in [0.05, 0.1) is 0 Å². The summed E-state index contributed by atoms with van der Waals surface area (Å²) in [5, 5.41) is 0. The van der Waals surface area contributed by atoms with Crippen molar-refractivity contribution in [2.75, 3.05) is 46.8 Å². The third-order valence-corrected chi connectivity index (χ3v) is 4.54. The van der Waals surface area contributed by atoms with Crippen LogP contribution in [0.5, 0.6) is 0 Å². The predicted octanol–water partition coefficient (Wildman–Crippen LogP) is 1.35. The quantitative estimate of drug-likeness (QED) is 0.733. The zero-order chi connectivity index (χ0) is 12.4. The molecule has 0 aliphatic carbocycles. The Bertz CT molecular complexity index is 228. The first kappa shape index (κ1) is 13.3. The third-order valence-electron chi connectivity index (χ3n) is 4.54. The van der Waals surface area contributed by atoms with Gasteiger partial charge in [-0.25, -0.2) is 0 Å². The molecular formula is C14H29N3. The van der Waals surface area contributed by atoms with Crippen LogP contribution in [0.25, 0.3) is 0 Å². The molecule has 17 heavy (non-hydrogen) atoms. The van der Waals surface area contributed by atoms with Crippen molar-refractivity contribution in [3.63, 3.8) is 0 Å². The predicted molar refractivity (Wildman–Crippen MR) is 73.3 cm³/mol. The summed E-state index contributed by atoms with van der Waals surface area (Å²) in [6.45, 7) is 11.1. The fourth-order valence-electron chi connectivity index (χ4n) is 3.34. The lowest BCUT2D eigenvalue weighted by Gasteiger charge is -2.43. The van der Waals surface area contributed by atoms with E-state index in [-0.39, 0.29) is 0 Å². The molecule has 2 rings (SSSR count). The fraction of sp³-hybridized carbons (Fsp3) is 1.00. The Hall–Kier alpha value is -0.120. The molecule has 2 aliphatic heterocycles. The summed E-state index contributed by atoms with van der Waals surface area (Å²) < 4.78 is 0. The minimum absolute atomic E-state index is 0.724. The van der Waals surface area contributed by atoms with Crippen LogP contribution in [0.3, 0.4) is 0 Å². The molecule has 2 heterocycles. The number of hydrogen-bond donors (Lipinski definition) is 0. The first-order valence-electron chi connectivity index (χ1n) is 7.19. The van der Waals surface area contributed by atoms with Crippen LogP contribution in [0.1, 0.15) is 26.7 Å². The van der Waals surface area contributed by atoms with E-state index in [1.54, 1.807) is 0 Å². The van der Waals surface area contributed by atoms with E-state index in [0.717, 1.165) is 18.0 Å². The van der Waals surface area contributed by atoms with Crippen LogP contribution in [-0.4, -0.2) is 73.6 Å². The minimum Gasteiger partial charge on any atom is -0.306 e. The summed E-state index contributed by atoms with van der Waals surface area (Å²) in [5.74, 6) is 0.924. The van der Waals surface area contributed by atoms with Gasteiger partial charge in [-0.05, 0) is 59.8 Å². The molecule has 2 fully saturated rings. The molecule has 3 heteroatoms. The van der Waals surface area contributed by atoms with Crippen LogP contribution < -0.4 is 0 Å². The van der Waals surface area contributed by atoms with Crippen LogP contribution >= 0.6 is 0 Å². The van der Waals surface area contributed by atoms with Gasteiger partial charge in [0.15, 0.2) is 0 Å². The zero-order valence-electron chi connectivity index (χ0n) is 12.0. The first-order chi connectivity index (χ1) is 8.06. The maximum Gasteiger partial charge on any atom is 0.0117 e. The molecule has 0 N–H and O–H groups in total. The topological polar surface area (TPSA) is 9.72 Å². The smallest absolute Gasteiger partial charge is 0.0117 e. The van der Waals surface area contributed by atoms with Crippen molar-refractivity contribution in [1.29, 1.82) is 0 Å². The Kier molecular flexibility index (Phi) is 4.45. The van der Waals surface area contributed by atoms with E-state index in [0.29, 0.717) is 0 Å². The van der Waals surface area contributed by atoms with E-state index in [2.05, 4.69) is 42.6 Å². The van der Waals surface area contributed by atoms with Gasteiger partial charge in [-0.15, -0.1) is 0 Å². The summed E-state index contributed by atoms with van der Waals surface area (Å²) in [5.41, 5.74) is 0. The number of piperidine rings is 1. The molecule has 0 radical (unpaired) electrons. The molecule has 0 aromatic heterocycles. The third kappa shape index (κ3) is 3.43. The van der Waals surface area contributed by atoms with Crippen LogP contribution in [0.4, 0.5) is 0 Å². The van der Waals surface area contributed by atoms with E-state index >= 15 is 0 Å². The summed E-state index contributed by atoms with van der Waals surface area (Å²) >= 11 is 0. The van der Waals surface area contributed by atoms with E-state index in [9.17, 15) is 0 Å². The Morgan fingerprint density at radius 1 is 1.18 bits per heavy atom. The van der Waals surface area contributed by atoms with E-state index in [4.69, 9.17) is 0 Å². The summed E-state index contributed by atoms with van der Waals surface area (Å²) in [4.78, 5) is 7.65. The van der Waals surface area contributed by atoms with Crippen LogP contribution in [0, 0.1) is 5.92 Å². The number of hydrogen-bond acceptors (Lipinski definition) is 3. The van der Waals surface area contributed by atoms with E-state index in [1.807, 2.05) is 0 Å². The molecule has 2 aliphatic rings. The average molecular weight is 239 g/mol. The highest BCUT2D eigenvalue weighted by Crippen LogP contribution is 2.20. The molecule has 0 aromatic rings. The van der Waals surface area contributed by atoms with Gasteiger partial charge in [0.2, 0.25) is 0 Å². The first-order valence-corrected chi connectivity index (χ1v) is 7.19. The highest BCUT2D eigenvalue weighted by Gasteiger charge is 2.28. The zero-order valence-corrected chi connectivity index (χ0v) is 12.0. The minimum atomic E-state index is 0.724. The lowest BCUT2D eigenvalue weighted by molar-refractivity contribution is 0.0575. The second-order valence-electron chi connectivity index (χ2n) is 6.39. The molecule has 0 atom stereocenters. The molecular weight excluding hydrogens is 210 g/mol. The summed E-state index contributed by atoms with van der Waals surface area (Å²) in [6.07, 6.45) is 2.72. The van der Waals surface area contributed by atoms with Crippen LogP contribution in [-0.2, 0) is 0 Å². The lowest BCUT2D eigenvalue weighted by Crippen LogP contribution is -2.52. The molecule has 3 nitrogen and oxygen atoms in total. The van der Waals surface area contributed by atoms with Gasteiger partial charge in [-0.2, -0.15) is 0 Å². The van der Waals surface area contributed by atoms with Gasteiger partial charge in [-0.1, -0.05) is 0 Å². The van der Waals surface area contributed by atoms with Crippen molar-refractivity contribution in [3.8, 4) is 0 Å². The van der Waals surface area contributed by atoms with Crippen molar-refractivity contribution in [1.82, 2.24) is 14.7 Å². The Morgan fingerprint density at radius 2 is 1.76 bits per heavy atom. The Balaban J connectivity index is 1.69. The SMILES string of the molecule is CC(C)N1CCC(N(C)CC2CN(C)C2)CC1. The molecule has 2 saturated heterocycles. The fourth-order valence-corrected chi connectivity index (χ4v) is 3.34. The van der Waals surface area contributed by atoms with Crippen LogP contribution in [0.2, 0.25) is 0 Å². The highest BCUT2D eigenvalue weighted by molar-refractivity contribution is 4.84. The summed E-state index contributed by atoms with van der Waals surface area (Å²) in [6, 6.07) is 1.55. The average Bonchev–Trinajstić information content (AvgIpc) is 2.27. The molecule has 0 bridgehead atoms. The number of rotatable bonds is 4. The van der Waals surface area contributed by atoms with Gasteiger partial charge in [0.1, 0.15) is 0 Å². The second kappa shape index (κ2) is 5.68. The Morgan fingerprint density at radius 3 is 2.24 bits per heavy atom. The van der Waals surface area contributed by atoms with Crippen molar-refractivity contribution in [3.05, 3.63) is 0 Å². The van der Waals surface area contributed by atoms with E-state index < -0.39 is 0 Å². The van der Waals surface area contributed by atoms with Gasteiger partial charge in [0.25, 0.3) is 0 Å². The Labute approximate surface area is 107 Å². The molecule has 0 spiro atoms.